The molecule has 1 saturated heterocycles. The van der Waals surface area contributed by atoms with E-state index < -0.39 is 5.97 Å². The van der Waals surface area contributed by atoms with E-state index in [0.29, 0.717) is 23.9 Å². The second-order valence-electron chi connectivity index (χ2n) is 6.39. The molecule has 7 nitrogen and oxygen atoms in total. The summed E-state index contributed by atoms with van der Waals surface area (Å²) in [5.74, 6) is 0.248. The fourth-order valence-electron chi connectivity index (χ4n) is 3.29. The molecule has 1 amide bonds. The largest absolute Gasteiger partial charge is 0.481 e. The summed E-state index contributed by atoms with van der Waals surface area (Å²) >= 11 is 0. The van der Waals surface area contributed by atoms with Crippen LogP contribution < -0.4 is 5.32 Å². The number of carboxylic acids is 1. The van der Waals surface area contributed by atoms with Crippen LogP contribution in [0.25, 0.3) is 0 Å². The number of aryl methyl sites for hydroxylation is 1. The van der Waals surface area contributed by atoms with E-state index >= 15 is 0 Å². The molecule has 0 bridgehead atoms. The standard InChI is InChI=1S/C15H22N4O3/c1-18-7-11(6-16-18)15(22)17-13-9-19(5-4-14(20)21)8-12(13)10-2-3-10/h6-7,10,12-13H,2-5,8-9H2,1H3,(H,17,22)(H,20,21)/t12-,13+/m1/s1. The lowest BCUT2D eigenvalue weighted by atomic mass is 9.98. The molecule has 0 spiro atoms. The maximum atomic E-state index is 12.3. The van der Waals surface area contributed by atoms with Crippen molar-refractivity contribution >= 4 is 11.9 Å². The molecule has 0 radical (unpaired) electrons. The van der Waals surface area contributed by atoms with Crippen LogP contribution in [0.3, 0.4) is 0 Å². The number of rotatable bonds is 6. The van der Waals surface area contributed by atoms with Crippen molar-refractivity contribution in [1.82, 2.24) is 20.0 Å². The highest BCUT2D eigenvalue weighted by molar-refractivity contribution is 5.93. The first-order chi connectivity index (χ1) is 10.5. The molecule has 0 unspecified atom stereocenters. The minimum Gasteiger partial charge on any atom is -0.481 e. The Labute approximate surface area is 129 Å². The Balaban J connectivity index is 1.60. The quantitative estimate of drug-likeness (QED) is 0.791. The number of amides is 1. The van der Waals surface area contributed by atoms with E-state index in [4.69, 9.17) is 5.11 Å². The van der Waals surface area contributed by atoms with Crippen LogP contribution in [0.1, 0.15) is 29.6 Å². The van der Waals surface area contributed by atoms with Gasteiger partial charge in [-0.2, -0.15) is 5.10 Å². The number of nitrogens with one attached hydrogen (secondary N) is 1. The van der Waals surface area contributed by atoms with E-state index in [2.05, 4.69) is 15.3 Å². The number of carbonyl (C=O) groups is 2. The van der Waals surface area contributed by atoms with Crippen LogP contribution in [-0.2, 0) is 11.8 Å². The lowest BCUT2D eigenvalue weighted by Gasteiger charge is -2.19. The predicted molar refractivity (Wildman–Crippen MR) is 79.4 cm³/mol. The van der Waals surface area contributed by atoms with Crippen molar-refractivity contribution in [3.8, 4) is 0 Å². The molecule has 1 aromatic heterocycles. The predicted octanol–water partition coefficient (Wildman–Crippen LogP) is 0.335. The van der Waals surface area contributed by atoms with Gasteiger partial charge in [-0.25, -0.2) is 0 Å². The fourth-order valence-corrected chi connectivity index (χ4v) is 3.29. The molecule has 2 aliphatic rings. The molecule has 2 heterocycles. The van der Waals surface area contributed by atoms with Gasteiger partial charge in [-0.05, 0) is 24.7 Å². The van der Waals surface area contributed by atoms with Gasteiger partial charge in [0.05, 0.1) is 18.2 Å². The minimum absolute atomic E-state index is 0.0937. The van der Waals surface area contributed by atoms with Gasteiger partial charge in [-0.15, -0.1) is 0 Å². The third-order valence-electron chi connectivity index (χ3n) is 4.59. The molecule has 3 rings (SSSR count). The summed E-state index contributed by atoms with van der Waals surface area (Å²) in [6.45, 7) is 2.17. The first kappa shape index (κ1) is 15.0. The van der Waals surface area contributed by atoms with E-state index in [9.17, 15) is 9.59 Å². The van der Waals surface area contributed by atoms with Gasteiger partial charge in [-0.1, -0.05) is 0 Å². The van der Waals surface area contributed by atoms with Crippen LogP contribution in [0.15, 0.2) is 12.4 Å². The molecule has 22 heavy (non-hydrogen) atoms. The van der Waals surface area contributed by atoms with E-state index in [0.717, 1.165) is 13.1 Å². The number of carboxylic acid groups (broad SMARTS) is 1. The van der Waals surface area contributed by atoms with Gasteiger partial charge in [0.25, 0.3) is 5.91 Å². The molecule has 2 atom stereocenters. The number of aromatic nitrogens is 2. The molecular formula is C15H22N4O3. The molecule has 1 aliphatic heterocycles. The average Bonchev–Trinajstić information content (AvgIpc) is 3.09. The molecule has 1 aromatic rings. The SMILES string of the molecule is Cn1cc(C(=O)N[C@H]2CN(CCC(=O)O)C[C@@H]2C2CC2)cn1. The van der Waals surface area contributed by atoms with Crippen LogP contribution in [0.4, 0.5) is 0 Å². The zero-order chi connectivity index (χ0) is 15.7. The van der Waals surface area contributed by atoms with E-state index in [-0.39, 0.29) is 18.4 Å². The fraction of sp³-hybridized carbons (Fsp3) is 0.667. The van der Waals surface area contributed by atoms with Gasteiger partial charge in [-0.3, -0.25) is 14.3 Å². The Morgan fingerprint density at radius 2 is 2.18 bits per heavy atom. The monoisotopic (exact) mass is 306 g/mol. The zero-order valence-electron chi connectivity index (χ0n) is 12.7. The molecule has 2 N–H and O–H groups in total. The van der Waals surface area contributed by atoms with Crippen molar-refractivity contribution in [2.24, 2.45) is 18.9 Å². The Hall–Kier alpha value is -1.89. The smallest absolute Gasteiger partial charge is 0.304 e. The number of aliphatic carboxylic acids is 1. The van der Waals surface area contributed by atoms with Gasteiger partial charge in [0.15, 0.2) is 0 Å². The first-order valence-electron chi connectivity index (χ1n) is 7.76. The molecule has 0 aromatic carbocycles. The van der Waals surface area contributed by atoms with Gasteiger partial charge in [0.1, 0.15) is 0 Å². The molecule has 120 valence electrons. The summed E-state index contributed by atoms with van der Waals surface area (Å²) in [5, 5.41) is 16.0. The van der Waals surface area contributed by atoms with Crippen LogP contribution in [0.2, 0.25) is 0 Å². The second-order valence-corrected chi connectivity index (χ2v) is 6.39. The summed E-state index contributed by atoms with van der Waals surface area (Å²) in [4.78, 5) is 25.2. The van der Waals surface area contributed by atoms with Crippen LogP contribution in [0, 0.1) is 11.8 Å². The van der Waals surface area contributed by atoms with Crippen molar-refractivity contribution in [2.75, 3.05) is 19.6 Å². The normalized spacial score (nSPS) is 25.3. The topological polar surface area (TPSA) is 87.5 Å². The van der Waals surface area contributed by atoms with E-state index in [1.54, 1.807) is 24.1 Å². The van der Waals surface area contributed by atoms with Crippen molar-refractivity contribution in [2.45, 2.75) is 25.3 Å². The first-order valence-corrected chi connectivity index (χ1v) is 7.76. The van der Waals surface area contributed by atoms with Crippen LogP contribution in [0.5, 0.6) is 0 Å². The summed E-state index contributed by atoms with van der Waals surface area (Å²) < 4.78 is 1.61. The number of nitrogens with zero attached hydrogens (tertiary/aromatic N) is 3. The molecule has 7 heteroatoms. The third kappa shape index (κ3) is 3.47. The lowest BCUT2D eigenvalue weighted by Crippen LogP contribution is -2.41. The molecule has 1 saturated carbocycles. The molecular weight excluding hydrogens is 284 g/mol. The van der Waals surface area contributed by atoms with Gasteiger partial charge < -0.3 is 15.3 Å². The summed E-state index contributed by atoms with van der Waals surface area (Å²) in [7, 11) is 1.78. The molecule has 1 aliphatic carbocycles. The van der Waals surface area contributed by atoms with Crippen molar-refractivity contribution in [1.29, 1.82) is 0 Å². The van der Waals surface area contributed by atoms with E-state index in [1.807, 2.05) is 0 Å². The van der Waals surface area contributed by atoms with Crippen molar-refractivity contribution < 1.29 is 14.7 Å². The number of likely N-dealkylation sites (tertiary alicyclic amines) is 1. The van der Waals surface area contributed by atoms with Gasteiger partial charge >= 0.3 is 5.97 Å². The van der Waals surface area contributed by atoms with Crippen LogP contribution in [-0.4, -0.2) is 57.3 Å². The highest BCUT2D eigenvalue weighted by atomic mass is 16.4. The maximum Gasteiger partial charge on any atom is 0.304 e. The minimum atomic E-state index is -0.772. The second kappa shape index (κ2) is 6.08. The van der Waals surface area contributed by atoms with Crippen molar-refractivity contribution in [3.63, 3.8) is 0 Å². The van der Waals surface area contributed by atoms with Crippen LogP contribution >= 0.6 is 0 Å². The summed E-state index contributed by atoms with van der Waals surface area (Å²) in [6.07, 6.45) is 5.87. The molecule has 2 fully saturated rings. The average molecular weight is 306 g/mol. The highest BCUT2D eigenvalue weighted by Crippen LogP contribution is 2.41. The number of hydrogen-bond donors (Lipinski definition) is 2. The van der Waals surface area contributed by atoms with E-state index in [1.165, 1.54) is 12.8 Å². The third-order valence-corrected chi connectivity index (χ3v) is 4.59. The van der Waals surface area contributed by atoms with Gasteiger partial charge in [0, 0.05) is 38.9 Å². The maximum absolute atomic E-state index is 12.3. The Kier molecular flexibility index (Phi) is 4.15. The van der Waals surface area contributed by atoms with Crippen molar-refractivity contribution in [3.05, 3.63) is 18.0 Å². The highest BCUT2D eigenvalue weighted by Gasteiger charge is 2.43. The van der Waals surface area contributed by atoms with Gasteiger partial charge in [0.2, 0.25) is 0 Å². The lowest BCUT2D eigenvalue weighted by molar-refractivity contribution is -0.137. The summed E-state index contributed by atoms with van der Waals surface area (Å²) in [5.41, 5.74) is 0.570. The number of hydrogen-bond acceptors (Lipinski definition) is 4. The Bertz CT molecular complexity index is 567. The Morgan fingerprint density at radius 3 is 2.77 bits per heavy atom. The summed E-state index contributed by atoms with van der Waals surface area (Å²) in [6, 6.07) is 0.106. The number of carbonyl (C=O) groups excluding carboxylic acids is 1. The zero-order valence-corrected chi connectivity index (χ0v) is 12.7. The Morgan fingerprint density at radius 1 is 1.41 bits per heavy atom.